The highest BCUT2D eigenvalue weighted by Gasteiger charge is 2.18. The third-order valence-electron chi connectivity index (χ3n) is 4.41. The second-order valence-corrected chi connectivity index (χ2v) is 7.23. The summed E-state index contributed by atoms with van der Waals surface area (Å²) in [5.41, 5.74) is 4.88. The first-order chi connectivity index (χ1) is 13.5. The number of ether oxygens (including phenoxy) is 1. The number of benzene rings is 2. The van der Waals surface area contributed by atoms with Crippen molar-refractivity contribution in [1.29, 1.82) is 5.26 Å². The lowest BCUT2D eigenvalue weighted by molar-refractivity contribution is 0.491. The van der Waals surface area contributed by atoms with Crippen molar-refractivity contribution in [2.45, 2.75) is 20.8 Å². The van der Waals surface area contributed by atoms with Gasteiger partial charge in [0.05, 0.1) is 12.0 Å². The molecule has 0 amide bonds. The molecule has 0 unspecified atom stereocenters. The third kappa shape index (κ3) is 4.21. The normalized spacial score (nSPS) is 10.8. The van der Waals surface area contributed by atoms with Crippen LogP contribution in [0.25, 0.3) is 11.3 Å². The van der Waals surface area contributed by atoms with Gasteiger partial charge in [-0.25, -0.2) is 4.99 Å². The van der Waals surface area contributed by atoms with E-state index in [2.05, 4.69) is 22.4 Å². The zero-order valence-corrected chi connectivity index (χ0v) is 17.2. The Kier molecular flexibility index (Phi) is 6.07. The lowest BCUT2D eigenvalue weighted by Gasteiger charge is -2.12. The van der Waals surface area contributed by atoms with Gasteiger partial charge in [-0.2, -0.15) is 9.64 Å². The van der Waals surface area contributed by atoms with Crippen molar-refractivity contribution in [1.82, 2.24) is 9.27 Å². The van der Waals surface area contributed by atoms with E-state index >= 15 is 0 Å². The number of aromatic nitrogens is 1. The van der Waals surface area contributed by atoms with Crippen molar-refractivity contribution in [3.8, 4) is 28.1 Å². The molecule has 0 aliphatic heterocycles. The average molecular weight is 391 g/mol. The molecule has 0 saturated heterocycles. The molecule has 0 atom stereocenters. The van der Waals surface area contributed by atoms with Crippen molar-refractivity contribution >= 4 is 23.6 Å². The summed E-state index contributed by atoms with van der Waals surface area (Å²) in [6, 6.07) is 15.9. The van der Waals surface area contributed by atoms with Crippen LogP contribution in [0.2, 0.25) is 0 Å². The van der Waals surface area contributed by atoms with Crippen LogP contribution in [-0.4, -0.2) is 29.2 Å². The zero-order chi connectivity index (χ0) is 20.1. The molecule has 3 aromatic rings. The monoisotopic (exact) mass is 390 g/mol. The SMILES string of the molecule is CCN(C)C=Nc1cc(C)c(Oc2snc(-c3ccccc3)c2C#N)cc1C. The quantitative estimate of drug-likeness (QED) is 0.400. The Morgan fingerprint density at radius 1 is 1.21 bits per heavy atom. The molecular formula is C22H22N4OS. The summed E-state index contributed by atoms with van der Waals surface area (Å²) < 4.78 is 10.5. The van der Waals surface area contributed by atoms with Crippen molar-refractivity contribution in [3.05, 3.63) is 59.2 Å². The van der Waals surface area contributed by atoms with E-state index in [0.717, 1.165) is 28.9 Å². The van der Waals surface area contributed by atoms with Gasteiger partial charge in [0.15, 0.2) is 0 Å². The zero-order valence-electron chi connectivity index (χ0n) is 16.4. The summed E-state index contributed by atoms with van der Waals surface area (Å²) in [5.74, 6) is 0.708. The number of aryl methyl sites for hydroxylation is 2. The Balaban J connectivity index is 1.91. The van der Waals surface area contributed by atoms with Gasteiger partial charge in [0.25, 0.3) is 0 Å². The van der Waals surface area contributed by atoms with Crippen LogP contribution >= 0.6 is 11.5 Å². The number of nitriles is 1. The van der Waals surface area contributed by atoms with Gasteiger partial charge in [0.1, 0.15) is 23.1 Å². The van der Waals surface area contributed by atoms with Crippen LogP contribution in [0.3, 0.4) is 0 Å². The van der Waals surface area contributed by atoms with E-state index in [-0.39, 0.29) is 0 Å². The fourth-order valence-corrected chi connectivity index (χ4v) is 3.33. The average Bonchev–Trinajstić information content (AvgIpc) is 3.12. The fourth-order valence-electron chi connectivity index (χ4n) is 2.60. The van der Waals surface area contributed by atoms with Gasteiger partial charge in [0, 0.05) is 30.7 Å². The fraction of sp³-hybridized carbons (Fsp3) is 0.227. The molecule has 0 saturated carbocycles. The van der Waals surface area contributed by atoms with Crippen molar-refractivity contribution < 1.29 is 4.74 Å². The molecule has 3 rings (SSSR count). The van der Waals surface area contributed by atoms with E-state index in [1.807, 2.05) is 74.6 Å². The molecule has 5 nitrogen and oxygen atoms in total. The summed E-state index contributed by atoms with van der Waals surface area (Å²) >= 11 is 1.20. The molecule has 28 heavy (non-hydrogen) atoms. The topological polar surface area (TPSA) is 61.5 Å². The second kappa shape index (κ2) is 8.68. The Morgan fingerprint density at radius 3 is 2.64 bits per heavy atom. The van der Waals surface area contributed by atoms with Crippen LogP contribution in [0.15, 0.2) is 47.5 Å². The Morgan fingerprint density at radius 2 is 1.96 bits per heavy atom. The smallest absolute Gasteiger partial charge is 0.218 e. The summed E-state index contributed by atoms with van der Waals surface area (Å²) in [7, 11) is 1.99. The highest BCUT2D eigenvalue weighted by Crippen LogP contribution is 2.38. The molecule has 2 aromatic carbocycles. The highest BCUT2D eigenvalue weighted by atomic mass is 32.1. The lowest BCUT2D eigenvalue weighted by Crippen LogP contribution is -2.14. The van der Waals surface area contributed by atoms with Crippen LogP contribution in [0.1, 0.15) is 23.6 Å². The predicted octanol–water partition coefficient (Wildman–Crippen LogP) is 5.70. The van der Waals surface area contributed by atoms with E-state index in [9.17, 15) is 5.26 Å². The maximum atomic E-state index is 9.65. The number of hydrogen-bond acceptors (Lipinski definition) is 5. The number of nitrogens with zero attached hydrogens (tertiary/aromatic N) is 4. The molecule has 0 aliphatic carbocycles. The first-order valence-electron chi connectivity index (χ1n) is 9.02. The lowest BCUT2D eigenvalue weighted by atomic mass is 10.1. The summed E-state index contributed by atoms with van der Waals surface area (Å²) in [6.45, 7) is 6.95. The van der Waals surface area contributed by atoms with Crippen LogP contribution in [0, 0.1) is 25.2 Å². The predicted molar refractivity (Wildman–Crippen MR) is 115 cm³/mol. The Bertz CT molecular complexity index is 1030. The van der Waals surface area contributed by atoms with Crippen LogP contribution < -0.4 is 4.74 Å². The van der Waals surface area contributed by atoms with E-state index in [1.54, 1.807) is 0 Å². The maximum Gasteiger partial charge on any atom is 0.218 e. The van der Waals surface area contributed by atoms with Gasteiger partial charge in [-0.05, 0) is 44.0 Å². The van der Waals surface area contributed by atoms with E-state index in [1.165, 1.54) is 11.5 Å². The first-order valence-corrected chi connectivity index (χ1v) is 9.79. The molecule has 0 bridgehead atoms. The van der Waals surface area contributed by atoms with Gasteiger partial charge in [0.2, 0.25) is 5.06 Å². The van der Waals surface area contributed by atoms with E-state index in [0.29, 0.717) is 22.1 Å². The largest absolute Gasteiger partial charge is 0.443 e. The Labute approximate surface area is 169 Å². The third-order valence-corrected chi connectivity index (χ3v) is 5.14. The minimum atomic E-state index is 0.458. The molecule has 0 spiro atoms. The van der Waals surface area contributed by atoms with Gasteiger partial charge in [-0.15, -0.1) is 0 Å². The minimum Gasteiger partial charge on any atom is -0.443 e. The van der Waals surface area contributed by atoms with E-state index < -0.39 is 0 Å². The second-order valence-electron chi connectivity index (χ2n) is 6.50. The molecule has 6 heteroatoms. The maximum absolute atomic E-state index is 9.65. The molecule has 1 aromatic heterocycles. The highest BCUT2D eigenvalue weighted by molar-refractivity contribution is 7.08. The van der Waals surface area contributed by atoms with Crippen molar-refractivity contribution in [2.75, 3.05) is 13.6 Å². The number of aliphatic imine (C=N–C) groups is 1. The van der Waals surface area contributed by atoms with Crippen molar-refractivity contribution in [2.24, 2.45) is 4.99 Å². The van der Waals surface area contributed by atoms with Crippen LogP contribution in [-0.2, 0) is 0 Å². The van der Waals surface area contributed by atoms with Gasteiger partial charge in [-0.1, -0.05) is 30.3 Å². The number of hydrogen-bond donors (Lipinski definition) is 0. The summed E-state index contributed by atoms with van der Waals surface area (Å²) in [4.78, 5) is 6.56. The summed E-state index contributed by atoms with van der Waals surface area (Å²) in [6.07, 6.45) is 1.82. The van der Waals surface area contributed by atoms with Crippen molar-refractivity contribution in [3.63, 3.8) is 0 Å². The van der Waals surface area contributed by atoms with E-state index in [4.69, 9.17) is 4.74 Å². The van der Waals surface area contributed by atoms with Crippen LogP contribution in [0.4, 0.5) is 5.69 Å². The standard InChI is InChI=1S/C22H22N4OS/c1-5-26(4)14-24-19-11-16(3)20(12-15(19)2)27-22-18(13-23)21(25-28-22)17-9-7-6-8-10-17/h6-12,14H,5H2,1-4H3. The van der Waals surface area contributed by atoms with Gasteiger partial charge < -0.3 is 9.64 Å². The molecule has 0 radical (unpaired) electrons. The first kappa shape index (κ1) is 19.6. The molecule has 0 fully saturated rings. The minimum absolute atomic E-state index is 0.458. The summed E-state index contributed by atoms with van der Waals surface area (Å²) in [5, 5.41) is 10.2. The molecule has 142 valence electrons. The Hall–Kier alpha value is -3.17. The van der Waals surface area contributed by atoms with Crippen LogP contribution in [0.5, 0.6) is 10.8 Å². The number of rotatable bonds is 6. The van der Waals surface area contributed by atoms with Gasteiger partial charge >= 0.3 is 0 Å². The molecule has 0 N–H and O–H groups in total. The molecular weight excluding hydrogens is 368 g/mol. The molecule has 0 aliphatic rings. The van der Waals surface area contributed by atoms with Gasteiger partial charge in [-0.3, -0.25) is 0 Å². The molecule has 1 heterocycles.